The molecule has 2 heterocycles. The Morgan fingerprint density at radius 2 is 2.00 bits per heavy atom. The predicted octanol–water partition coefficient (Wildman–Crippen LogP) is 7.05. The Morgan fingerprint density at radius 3 is 2.73 bits per heavy atom. The van der Waals surface area contributed by atoms with Crippen LogP contribution >= 0.6 is 62.2 Å². The summed E-state index contributed by atoms with van der Waals surface area (Å²) >= 11 is 18.4. The highest BCUT2D eigenvalue weighted by molar-refractivity contribution is 9.10. The van der Waals surface area contributed by atoms with E-state index in [2.05, 4.69) is 43.0 Å². The lowest BCUT2D eigenvalue weighted by molar-refractivity contribution is -0.113. The fourth-order valence-corrected chi connectivity index (χ4v) is 5.17. The molecule has 0 aliphatic heterocycles. The average Bonchev–Trinajstić information content (AvgIpc) is 3.40. The van der Waals surface area contributed by atoms with Gasteiger partial charge in [-0.05, 0) is 30.3 Å². The minimum atomic E-state index is -0.184. The third kappa shape index (κ3) is 5.85. The van der Waals surface area contributed by atoms with Crippen LogP contribution in [0.25, 0.3) is 22.6 Å². The third-order valence-corrected chi connectivity index (χ3v) is 7.22. The number of halogens is 3. The Bertz CT molecular complexity index is 1310. The van der Waals surface area contributed by atoms with Crippen LogP contribution in [0.15, 0.2) is 70.1 Å². The largest absolute Gasteiger partial charge is 0.301 e. The van der Waals surface area contributed by atoms with Crippen LogP contribution in [0, 0.1) is 0 Å². The van der Waals surface area contributed by atoms with E-state index in [0.29, 0.717) is 38.3 Å². The number of anilines is 1. The molecule has 2 aromatic carbocycles. The van der Waals surface area contributed by atoms with Gasteiger partial charge in [-0.3, -0.25) is 9.36 Å². The number of thioether (sulfide) groups is 1. The fourth-order valence-electron chi connectivity index (χ4n) is 2.93. The van der Waals surface area contributed by atoms with Gasteiger partial charge in [0.25, 0.3) is 0 Å². The number of allylic oxidation sites excluding steroid dienone is 1. The summed E-state index contributed by atoms with van der Waals surface area (Å²) in [7, 11) is 0. The van der Waals surface area contributed by atoms with Gasteiger partial charge in [-0.2, -0.15) is 0 Å². The van der Waals surface area contributed by atoms with E-state index in [-0.39, 0.29) is 11.7 Å². The number of benzene rings is 2. The summed E-state index contributed by atoms with van der Waals surface area (Å²) in [5.74, 6) is 0.547. The van der Waals surface area contributed by atoms with Gasteiger partial charge >= 0.3 is 0 Å². The van der Waals surface area contributed by atoms with E-state index in [4.69, 9.17) is 23.2 Å². The number of hydrogen-bond donors (Lipinski definition) is 1. The van der Waals surface area contributed by atoms with Crippen LogP contribution < -0.4 is 5.32 Å². The number of nitrogens with zero attached hydrogens (tertiary/aromatic N) is 4. The van der Waals surface area contributed by atoms with Crippen molar-refractivity contribution in [2.24, 2.45) is 0 Å². The second-order valence-corrected chi connectivity index (χ2v) is 10.3. The Balaban J connectivity index is 1.44. The van der Waals surface area contributed by atoms with Gasteiger partial charge in [-0.1, -0.05) is 69.1 Å². The van der Waals surface area contributed by atoms with Crippen molar-refractivity contribution in [3.05, 3.63) is 75.0 Å². The van der Waals surface area contributed by atoms with E-state index in [9.17, 15) is 4.79 Å². The molecule has 33 heavy (non-hydrogen) atoms. The summed E-state index contributed by atoms with van der Waals surface area (Å²) < 4.78 is 2.85. The van der Waals surface area contributed by atoms with Gasteiger partial charge in [0.05, 0.1) is 16.5 Å². The summed E-state index contributed by atoms with van der Waals surface area (Å²) in [6.07, 6.45) is 1.74. The lowest BCUT2D eigenvalue weighted by atomic mass is 10.2. The molecule has 0 fully saturated rings. The molecule has 0 spiro atoms. The fraction of sp³-hybridized carbons (Fsp3) is 0.0909. The minimum Gasteiger partial charge on any atom is -0.301 e. The van der Waals surface area contributed by atoms with Crippen molar-refractivity contribution < 1.29 is 4.79 Å². The normalized spacial score (nSPS) is 10.9. The first kappa shape index (κ1) is 24.0. The number of hydrogen-bond acceptors (Lipinski definition) is 6. The van der Waals surface area contributed by atoms with E-state index in [1.807, 2.05) is 34.2 Å². The zero-order valence-electron chi connectivity index (χ0n) is 17.0. The second kappa shape index (κ2) is 10.8. The first-order valence-electron chi connectivity index (χ1n) is 9.58. The van der Waals surface area contributed by atoms with Crippen molar-refractivity contribution in [2.75, 3.05) is 11.1 Å². The predicted molar refractivity (Wildman–Crippen MR) is 140 cm³/mol. The maximum Gasteiger partial charge on any atom is 0.236 e. The molecule has 4 rings (SSSR count). The zero-order valence-corrected chi connectivity index (χ0v) is 21.7. The first-order chi connectivity index (χ1) is 15.9. The van der Waals surface area contributed by atoms with Gasteiger partial charge in [-0.25, -0.2) is 4.98 Å². The number of carbonyl (C=O) groups excluding carboxylic acids is 1. The molecule has 2 aromatic heterocycles. The highest BCUT2D eigenvalue weighted by Gasteiger charge is 2.17. The minimum absolute atomic E-state index is 0.150. The van der Waals surface area contributed by atoms with Gasteiger partial charge < -0.3 is 5.32 Å². The monoisotopic (exact) mass is 579 g/mol. The van der Waals surface area contributed by atoms with Crippen LogP contribution in [0.1, 0.15) is 0 Å². The highest BCUT2D eigenvalue weighted by Crippen LogP contribution is 2.32. The number of thiazole rings is 1. The molecular weight excluding hydrogens is 565 g/mol. The van der Waals surface area contributed by atoms with Crippen molar-refractivity contribution in [1.82, 2.24) is 19.7 Å². The van der Waals surface area contributed by atoms with Gasteiger partial charge in [-0.15, -0.1) is 28.1 Å². The molecule has 0 bridgehead atoms. The first-order valence-corrected chi connectivity index (χ1v) is 13.0. The summed E-state index contributed by atoms with van der Waals surface area (Å²) in [4.78, 5) is 17.0. The average molecular weight is 581 g/mol. The van der Waals surface area contributed by atoms with E-state index in [1.165, 1.54) is 23.1 Å². The maximum atomic E-state index is 12.5. The number of aromatic nitrogens is 4. The Morgan fingerprint density at radius 1 is 1.21 bits per heavy atom. The number of amides is 1. The van der Waals surface area contributed by atoms with Crippen LogP contribution in [0.5, 0.6) is 0 Å². The molecule has 0 aliphatic rings. The molecule has 0 radical (unpaired) electrons. The Labute approximate surface area is 217 Å². The molecule has 1 amide bonds. The smallest absolute Gasteiger partial charge is 0.236 e. The molecule has 0 atom stereocenters. The third-order valence-electron chi connectivity index (χ3n) is 4.42. The molecule has 0 saturated carbocycles. The van der Waals surface area contributed by atoms with Crippen LogP contribution in [0.4, 0.5) is 5.13 Å². The van der Waals surface area contributed by atoms with Crippen LogP contribution in [0.3, 0.4) is 0 Å². The molecular formula is C22H16BrCl2N5OS2. The Hall–Kier alpha value is -2.17. The number of rotatable bonds is 8. The lowest BCUT2D eigenvalue weighted by Crippen LogP contribution is -2.14. The number of nitrogens with one attached hydrogen (secondary N) is 1. The standard InChI is InChI=1S/C22H16BrCl2N5OS2/c1-2-9-30-20(16-8-7-15(24)10-17(16)25)28-29-22(30)33-12-19(31)27-21-26-18(11-32-21)13-3-5-14(23)6-4-13/h2-8,10-11H,1,9,12H2,(H,26,27,31). The van der Waals surface area contributed by atoms with Gasteiger partial charge in [0.15, 0.2) is 16.1 Å². The van der Waals surface area contributed by atoms with E-state index >= 15 is 0 Å². The van der Waals surface area contributed by atoms with Crippen LogP contribution in [-0.4, -0.2) is 31.4 Å². The van der Waals surface area contributed by atoms with Gasteiger partial charge in [0.1, 0.15) is 0 Å². The van der Waals surface area contributed by atoms with E-state index in [0.717, 1.165) is 15.7 Å². The molecule has 0 saturated heterocycles. The molecule has 4 aromatic rings. The summed E-state index contributed by atoms with van der Waals surface area (Å²) in [5.41, 5.74) is 2.50. The van der Waals surface area contributed by atoms with E-state index < -0.39 is 0 Å². The molecule has 1 N–H and O–H groups in total. The van der Waals surface area contributed by atoms with Gasteiger partial charge in [0, 0.05) is 32.5 Å². The van der Waals surface area contributed by atoms with Crippen LogP contribution in [0.2, 0.25) is 10.0 Å². The molecule has 0 unspecified atom stereocenters. The molecule has 11 heteroatoms. The van der Waals surface area contributed by atoms with Gasteiger partial charge in [0.2, 0.25) is 5.91 Å². The van der Waals surface area contributed by atoms with Crippen molar-refractivity contribution in [2.45, 2.75) is 11.7 Å². The molecule has 168 valence electrons. The van der Waals surface area contributed by atoms with Crippen molar-refractivity contribution in [3.63, 3.8) is 0 Å². The Kier molecular flexibility index (Phi) is 7.87. The maximum absolute atomic E-state index is 12.5. The second-order valence-electron chi connectivity index (χ2n) is 6.71. The van der Waals surface area contributed by atoms with Crippen LogP contribution in [-0.2, 0) is 11.3 Å². The number of carbonyl (C=O) groups is 1. The van der Waals surface area contributed by atoms with E-state index in [1.54, 1.807) is 24.3 Å². The highest BCUT2D eigenvalue weighted by atomic mass is 79.9. The summed E-state index contributed by atoms with van der Waals surface area (Å²) in [6.45, 7) is 4.27. The molecule has 0 aliphatic carbocycles. The zero-order chi connectivity index (χ0) is 23.4. The van der Waals surface area contributed by atoms with Crippen molar-refractivity contribution >= 4 is 73.3 Å². The summed E-state index contributed by atoms with van der Waals surface area (Å²) in [5, 5.41) is 15.4. The van der Waals surface area contributed by atoms with Crippen molar-refractivity contribution in [3.8, 4) is 22.6 Å². The lowest BCUT2D eigenvalue weighted by Gasteiger charge is -2.09. The molecule has 6 nitrogen and oxygen atoms in total. The summed E-state index contributed by atoms with van der Waals surface area (Å²) in [6, 6.07) is 13.0. The quantitative estimate of drug-likeness (QED) is 0.178. The SMILES string of the molecule is C=CCn1c(SCC(=O)Nc2nc(-c3ccc(Br)cc3)cs2)nnc1-c1ccc(Cl)cc1Cl. The topological polar surface area (TPSA) is 72.7 Å². The van der Waals surface area contributed by atoms with Crippen molar-refractivity contribution in [1.29, 1.82) is 0 Å².